The number of aromatic nitrogens is 3. The monoisotopic (exact) mass is 283 g/mol. The van der Waals surface area contributed by atoms with E-state index >= 15 is 0 Å². The highest BCUT2D eigenvalue weighted by molar-refractivity contribution is 5.45. The summed E-state index contributed by atoms with van der Waals surface area (Å²) in [7, 11) is 0. The molecule has 0 atom stereocenters. The van der Waals surface area contributed by atoms with Crippen molar-refractivity contribution in [1.29, 1.82) is 0 Å². The number of nitrogens with two attached hydrogens (primary N) is 1. The fourth-order valence-electron chi connectivity index (χ4n) is 1.61. The van der Waals surface area contributed by atoms with Gasteiger partial charge in [-0.05, 0) is 25.1 Å². The molecule has 0 aliphatic heterocycles. The number of hydrogen-bond donors (Lipinski definition) is 2. The third-order valence-electron chi connectivity index (χ3n) is 2.49. The van der Waals surface area contributed by atoms with Crippen molar-refractivity contribution in [2.75, 3.05) is 11.1 Å². The molecule has 0 fully saturated rings. The fourth-order valence-corrected chi connectivity index (χ4v) is 1.61. The lowest BCUT2D eigenvalue weighted by Crippen LogP contribution is -2.14. The van der Waals surface area contributed by atoms with Gasteiger partial charge in [0.1, 0.15) is 11.4 Å². The van der Waals surface area contributed by atoms with E-state index in [0.29, 0.717) is 11.5 Å². The lowest BCUT2D eigenvalue weighted by atomic mass is 10.2. The zero-order chi connectivity index (χ0) is 14.8. The molecule has 0 unspecified atom stereocenters. The minimum Gasteiger partial charge on any atom is -0.384 e. The molecular formula is C12H12F3N5. The number of nitrogens with zero attached hydrogens (tertiary/aromatic N) is 3. The van der Waals surface area contributed by atoms with Crippen LogP contribution in [0.3, 0.4) is 0 Å². The third kappa shape index (κ3) is 3.34. The van der Waals surface area contributed by atoms with Crippen molar-refractivity contribution in [1.82, 2.24) is 15.2 Å². The molecule has 20 heavy (non-hydrogen) atoms. The number of hydrogen-bond acceptors (Lipinski definition) is 5. The van der Waals surface area contributed by atoms with E-state index in [4.69, 9.17) is 5.73 Å². The highest BCUT2D eigenvalue weighted by atomic mass is 19.4. The molecule has 2 heterocycles. The van der Waals surface area contributed by atoms with Gasteiger partial charge in [-0.2, -0.15) is 18.3 Å². The van der Waals surface area contributed by atoms with Gasteiger partial charge >= 0.3 is 6.18 Å². The van der Waals surface area contributed by atoms with Crippen molar-refractivity contribution >= 4 is 11.6 Å². The Morgan fingerprint density at radius 1 is 1.25 bits per heavy atom. The largest absolute Gasteiger partial charge is 0.420 e. The molecule has 0 bridgehead atoms. The van der Waals surface area contributed by atoms with Crippen LogP contribution in [0.1, 0.15) is 17.0 Å². The number of nitrogen functional groups attached to an aromatic ring is 1. The number of pyridine rings is 1. The van der Waals surface area contributed by atoms with Gasteiger partial charge in [0.15, 0.2) is 5.82 Å². The Morgan fingerprint density at radius 2 is 2.00 bits per heavy atom. The second kappa shape index (κ2) is 5.32. The summed E-state index contributed by atoms with van der Waals surface area (Å²) >= 11 is 0. The molecule has 106 valence electrons. The molecule has 0 radical (unpaired) electrons. The zero-order valence-corrected chi connectivity index (χ0v) is 10.6. The second-order valence-corrected chi connectivity index (χ2v) is 4.15. The summed E-state index contributed by atoms with van der Waals surface area (Å²) in [6.07, 6.45) is -4.49. The van der Waals surface area contributed by atoms with Crippen LogP contribution in [0.2, 0.25) is 0 Å². The van der Waals surface area contributed by atoms with E-state index in [1.54, 1.807) is 18.2 Å². The van der Waals surface area contributed by atoms with Crippen LogP contribution >= 0.6 is 0 Å². The van der Waals surface area contributed by atoms with Gasteiger partial charge in [0.2, 0.25) is 0 Å². The van der Waals surface area contributed by atoms with Gasteiger partial charge in [0.25, 0.3) is 0 Å². The summed E-state index contributed by atoms with van der Waals surface area (Å²) in [5, 5.41) is 9.75. The zero-order valence-electron chi connectivity index (χ0n) is 10.6. The molecule has 0 saturated heterocycles. The van der Waals surface area contributed by atoms with Crippen LogP contribution in [-0.4, -0.2) is 15.2 Å². The Labute approximate surface area is 113 Å². The topological polar surface area (TPSA) is 76.7 Å². The smallest absolute Gasteiger partial charge is 0.384 e. The summed E-state index contributed by atoms with van der Waals surface area (Å²) in [6.45, 7) is 1.53. The standard InChI is InChI=1S/C12H12F3N5/c1-7-5-9(12(13,14)15)11(20-19-7)17-6-8-3-2-4-10(16)18-8/h2-5H,6H2,1H3,(H2,16,18)(H,17,20). The number of halogens is 3. The van der Waals surface area contributed by atoms with E-state index in [-0.39, 0.29) is 18.1 Å². The summed E-state index contributed by atoms with van der Waals surface area (Å²) in [5.74, 6) is -0.0253. The molecule has 2 aromatic heterocycles. The summed E-state index contributed by atoms with van der Waals surface area (Å²) in [6, 6.07) is 5.86. The van der Waals surface area contributed by atoms with Crippen molar-refractivity contribution in [3.8, 4) is 0 Å². The SMILES string of the molecule is Cc1cc(C(F)(F)F)c(NCc2cccc(N)n2)nn1. The van der Waals surface area contributed by atoms with Crippen LogP contribution in [-0.2, 0) is 12.7 Å². The van der Waals surface area contributed by atoms with Crippen LogP contribution < -0.4 is 11.1 Å². The van der Waals surface area contributed by atoms with Crippen LogP contribution in [0.4, 0.5) is 24.8 Å². The third-order valence-corrected chi connectivity index (χ3v) is 2.49. The highest BCUT2D eigenvalue weighted by Gasteiger charge is 2.34. The van der Waals surface area contributed by atoms with Crippen molar-refractivity contribution < 1.29 is 13.2 Å². The lowest BCUT2D eigenvalue weighted by molar-refractivity contribution is -0.137. The van der Waals surface area contributed by atoms with Gasteiger partial charge in [-0.25, -0.2) is 4.98 Å². The second-order valence-electron chi connectivity index (χ2n) is 4.15. The Bertz CT molecular complexity index is 612. The van der Waals surface area contributed by atoms with Gasteiger partial charge in [-0.1, -0.05) is 6.07 Å². The molecule has 0 aromatic carbocycles. The molecule has 5 nitrogen and oxygen atoms in total. The normalized spacial score (nSPS) is 11.4. The van der Waals surface area contributed by atoms with E-state index in [1.807, 2.05) is 0 Å². The molecule has 0 aliphatic rings. The molecule has 0 amide bonds. The van der Waals surface area contributed by atoms with Crippen molar-refractivity contribution in [2.24, 2.45) is 0 Å². The highest BCUT2D eigenvalue weighted by Crippen LogP contribution is 2.33. The average Bonchev–Trinajstić information content (AvgIpc) is 2.36. The Kier molecular flexibility index (Phi) is 3.73. The van der Waals surface area contributed by atoms with E-state index in [0.717, 1.165) is 6.07 Å². The predicted octanol–water partition coefficient (Wildman–Crippen LogP) is 2.39. The fraction of sp³-hybridized carbons (Fsp3) is 0.250. The van der Waals surface area contributed by atoms with E-state index in [2.05, 4.69) is 20.5 Å². The van der Waals surface area contributed by atoms with Crippen molar-refractivity contribution in [3.63, 3.8) is 0 Å². The Morgan fingerprint density at radius 3 is 2.65 bits per heavy atom. The van der Waals surface area contributed by atoms with Gasteiger partial charge in [-0.3, -0.25) is 0 Å². The molecule has 2 aromatic rings. The minimum atomic E-state index is -4.49. The molecule has 8 heteroatoms. The molecular weight excluding hydrogens is 271 g/mol. The first kappa shape index (κ1) is 14.0. The summed E-state index contributed by atoms with van der Waals surface area (Å²) < 4.78 is 38.6. The van der Waals surface area contributed by atoms with Crippen LogP contribution in [0.5, 0.6) is 0 Å². The Hall–Kier alpha value is -2.38. The van der Waals surface area contributed by atoms with Crippen molar-refractivity contribution in [3.05, 3.63) is 41.2 Å². The van der Waals surface area contributed by atoms with Gasteiger partial charge in [0, 0.05) is 0 Å². The van der Waals surface area contributed by atoms with E-state index in [9.17, 15) is 13.2 Å². The first-order valence-electron chi connectivity index (χ1n) is 5.73. The number of rotatable bonds is 3. The van der Waals surface area contributed by atoms with Crippen LogP contribution in [0.15, 0.2) is 24.3 Å². The van der Waals surface area contributed by atoms with Crippen molar-refractivity contribution in [2.45, 2.75) is 19.6 Å². The Balaban J connectivity index is 2.21. The predicted molar refractivity (Wildman–Crippen MR) is 67.7 cm³/mol. The average molecular weight is 283 g/mol. The summed E-state index contributed by atoms with van der Waals surface area (Å²) in [5.41, 5.74) is 5.36. The van der Waals surface area contributed by atoms with Gasteiger partial charge in [0.05, 0.1) is 17.9 Å². The first-order chi connectivity index (χ1) is 9.36. The molecule has 0 aliphatic carbocycles. The molecule has 3 N–H and O–H groups in total. The van der Waals surface area contributed by atoms with E-state index in [1.165, 1.54) is 6.92 Å². The van der Waals surface area contributed by atoms with Crippen LogP contribution in [0.25, 0.3) is 0 Å². The number of anilines is 2. The number of alkyl halides is 3. The molecule has 0 spiro atoms. The maximum absolute atomic E-state index is 12.9. The quantitative estimate of drug-likeness (QED) is 0.904. The number of aryl methyl sites for hydroxylation is 1. The summed E-state index contributed by atoms with van der Waals surface area (Å²) in [4.78, 5) is 3.98. The van der Waals surface area contributed by atoms with E-state index < -0.39 is 11.7 Å². The lowest BCUT2D eigenvalue weighted by Gasteiger charge is -2.13. The minimum absolute atomic E-state index is 0.0753. The van der Waals surface area contributed by atoms with Gasteiger partial charge < -0.3 is 11.1 Å². The molecule has 2 rings (SSSR count). The van der Waals surface area contributed by atoms with Gasteiger partial charge in [-0.15, -0.1) is 5.10 Å². The number of nitrogens with one attached hydrogen (secondary N) is 1. The van der Waals surface area contributed by atoms with Crippen LogP contribution in [0, 0.1) is 6.92 Å². The maximum Gasteiger partial charge on any atom is 0.420 e. The first-order valence-corrected chi connectivity index (χ1v) is 5.73. The molecule has 0 saturated carbocycles. The maximum atomic E-state index is 12.9.